The first kappa shape index (κ1) is 39.7. The molecule has 0 saturated heterocycles. The molecule has 0 bridgehead atoms. The van der Waals surface area contributed by atoms with Crippen molar-refractivity contribution < 1.29 is 22.7 Å². The molecule has 1 aliphatic carbocycles. The third-order valence-corrected chi connectivity index (χ3v) is 10.4. The molecule has 2 aromatic rings. The van der Waals surface area contributed by atoms with Crippen LogP contribution in [-0.2, 0) is 30.4 Å². The number of sulfonamides is 1. The van der Waals surface area contributed by atoms with E-state index >= 15 is 0 Å². The van der Waals surface area contributed by atoms with Gasteiger partial charge in [-0.1, -0.05) is 60.6 Å². The molecule has 1 atom stereocenters. The maximum atomic E-state index is 13.6. The topological polar surface area (TPSA) is 117 Å². The van der Waals surface area contributed by atoms with Gasteiger partial charge in [-0.05, 0) is 104 Å². The van der Waals surface area contributed by atoms with Crippen molar-refractivity contribution in [3.05, 3.63) is 76.5 Å². The van der Waals surface area contributed by atoms with Crippen LogP contribution in [0, 0.1) is 6.92 Å². The number of benzene rings is 2. The van der Waals surface area contributed by atoms with Gasteiger partial charge >= 0.3 is 0 Å². The van der Waals surface area contributed by atoms with E-state index in [-0.39, 0.29) is 22.3 Å². The fourth-order valence-electron chi connectivity index (χ4n) is 5.48. The molecule has 2 aromatic carbocycles. The highest BCUT2D eigenvalue weighted by Gasteiger charge is 2.30. The molecule has 0 heterocycles. The number of ether oxygens (including phenoxy) is 1. The minimum atomic E-state index is -3.26. The van der Waals surface area contributed by atoms with E-state index in [1.165, 1.54) is 11.6 Å². The smallest absolute Gasteiger partial charge is 0.265 e. The summed E-state index contributed by atoms with van der Waals surface area (Å²) in [5.74, 6) is -0.0104. The first-order valence-corrected chi connectivity index (χ1v) is 19.2. The van der Waals surface area contributed by atoms with Crippen LogP contribution < -0.4 is 19.7 Å². The second-order valence-electron chi connectivity index (χ2n) is 14.2. The normalized spacial score (nSPS) is 15.5. The SMILES string of the molecule is CCC(Oc1ccc(C(C)(C)CC)cc1C(C)(C)CC)C(=O)NC1=CC(=Nc2ccc(N(CC)CCNS(C)(=O)=O)cc2C)C(C)=CC1=O. The molecule has 268 valence electrons. The lowest BCUT2D eigenvalue weighted by molar-refractivity contribution is -0.128. The van der Waals surface area contributed by atoms with E-state index in [0.717, 1.165) is 41.6 Å². The molecule has 0 saturated carbocycles. The maximum absolute atomic E-state index is 13.6. The fraction of sp³-hybridized carbons (Fsp3) is 0.513. The summed E-state index contributed by atoms with van der Waals surface area (Å²) in [6.07, 6.45) is 5.77. The number of nitrogens with one attached hydrogen (secondary N) is 2. The van der Waals surface area contributed by atoms with Crippen molar-refractivity contribution in [1.29, 1.82) is 0 Å². The quantitative estimate of drug-likeness (QED) is 0.180. The van der Waals surface area contributed by atoms with E-state index < -0.39 is 22.0 Å². The van der Waals surface area contributed by atoms with Crippen LogP contribution in [0.1, 0.15) is 98.3 Å². The van der Waals surface area contributed by atoms with Crippen LogP contribution in [0.2, 0.25) is 0 Å². The monoisotopic (exact) mass is 692 g/mol. The van der Waals surface area contributed by atoms with Gasteiger partial charge in [0.25, 0.3) is 5.91 Å². The molecule has 0 aliphatic heterocycles. The zero-order valence-corrected chi connectivity index (χ0v) is 32.1. The third kappa shape index (κ3) is 10.4. The Hall–Kier alpha value is -3.76. The summed E-state index contributed by atoms with van der Waals surface area (Å²) < 4.78 is 31.9. The molecule has 3 rings (SSSR count). The molecule has 0 radical (unpaired) electrons. The van der Waals surface area contributed by atoms with Crippen molar-refractivity contribution in [2.24, 2.45) is 4.99 Å². The summed E-state index contributed by atoms with van der Waals surface area (Å²) >= 11 is 0. The van der Waals surface area contributed by atoms with Crippen molar-refractivity contribution >= 4 is 38.8 Å². The highest BCUT2D eigenvalue weighted by molar-refractivity contribution is 7.88. The second kappa shape index (κ2) is 16.3. The van der Waals surface area contributed by atoms with Crippen molar-refractivity contribution in [1.82, 2.24) is 10.0 Å². The zero-order valence-electron chi connectivity index (χ0n) is 31.3. The van der Waals surface area contributed by atoms with Gasteiger partial charge in [0.1, 0.15) is 5.75 Å². The summed E-state index contributed by atoms with van der Waals surface area (Å²) in [4.78, 5) is 33.6. The van der Waals surface area contributed by atoms with E-state index in [9.17, 15) is 18.0 Å². The minimum Gasteiger partial charge on any atom is -0.480 e. The van der Waals surface area contributed by atoms with Gasteiger partial charge in [0.15, 0.2) is 6.10 Å². The predicted molar refractivity (Wildman–Crippen MR) is 202 cm³/mol. The van der Waals surface area contributed by atoms with E-state index in [0.29, 0.717) is 43.1 Å². The van der Waals surface area contributed by atoms with Gasteiger partial charge in [0, 0.05) is 30.9 Å². The number of likely N-dealkylation sites (N-methyl/N-ethyl adjacent to an activating group) is 1. The molecule has 9 nitrogen and oxygen atoms in total. The Bertz CT molecular complexity index is 1740. The largest absolute Gasteiger partial charge is 0.480 e. The number of aliphatic imine (C=N–C) groups is 1. The molecule has 0 aromatic heterocycles. The zero-order chi connectivity index (χ0) is 36.7. The summed E-state index contributed by atoms with van der Waals surface area (Å²) in [5, 5.41) is 2.84. The third-order valence-electron chi connectivity index (χ3n) is 9.66. The lowest BCUT2D eigenvalue weighted by atomic mass is 9.76. The van der Waals surface area contributed by atoms with Crippen LogP contribution in [0.15, 0.2) is 64.8 Å². The number of rotatable bonds is 16. The minimum absolute atomic E-state index is 0.00700. The van der Waals surface area contributed by atoms with Crippen molar-refractivity contribution in [2.45, 2.75) is 105 Å². The Morgan fingerprint density at radius 2 is 1.63 bits per heavy atom. The first-order valence-electron chi connectivity index (χ1n) is 17.3. The molecule has 10 heteroatoms. The van der Waals surface area contributed by atoms with Crippen LogP contribution in [0.4, 0.5) is 11.4 Å². The van der Waals surface area contributed by atoms with Crippen LogP contribution in [0.3, 0.4) is 0 Å². The standard InChI is InChI=1S/C39H56N4O5S/c1-12-35(48-36-19-16-28(38(7,8)13-2)24-30(36)39(9,10)14-3)37(45)42-33-25-32(27(6)23-34(33)44)41-31-18-17-29(22-26(31)5)43(15-4)21-20-40-49(11,46)47/h16-19,22-25,35,40H,12-15,20-21H2,1-11H3,(H,42,45). The Morgan fingerprint density at radius 1 is 0.959 bits per heavy atom. The predicted octanol–water partition coefficient (Wildman–Crippen LogP) is 7.20. The van der Waals surface area contributed by atoms with E-state index in [2.05, 4.69) is 68.6 Å². The molecule has 0 spiro atoms. The molecular weight excluding hydrogens is 637 g/mol. The van der Waals surface area contributed by atoms with E-state index in [4.69, 9.17) is 9.73 Å². The van der Waals surface area contributed by atoms with Gasteiger partial charge in [0.2, 0.25) is 15.8 Å². The van der Waals surface area contributed by atoms with Gasteiger partial charge in [-0.3, -0.25) is 9.59 Å². The lowest BCUT2D eigenvalue weighted by Gasteiger charge is -2.31. The van der Waals surface area contributed by atoms with Gasteiger partial charge in [-0.2, -0.15) is 0 Å². The first-order chi connectivity index (χ1) is 22.8. The Kier molecular flexibility index (Phi) is 13.2. The summed E-state index contributed by atoms with van der Waals surface area (Å²) in [6, 6.07) is 12.2. The van der Waals surface area contributed by atoms with Crippen molar-refractivity contribution in [3.8, 4) is 5.75 Å². The van der Waals surface area contributed by atoms with Gasteiger partial charge in [-0.25, -0.2) is 18.1 Å². The van der Waals surface area contributed by atoms with Crippen molar-refractivity contribution in [3.63, 3.8) is 0 Å². The number of hydrogen-bond acceptors (Lipinski definition) is 7. The average molecular weight is 693 g/mol. The fourth-order valence-corrected chi connectivity index (χ4v) is 5.94. The van der Waals surface area contributed by atoms with E-state index in [1.807, 2.05) is 52.0 Å². The molecular formula is C39H56N4O5S. The van der Waals surface area contributed by atoms with E-state index in [1.54, 1.807) is 6.08 Å². The highest BCUT2D eigenvalue weighted by Crippen LogP contribution is 2.39. The summed E-state index contributed by atoms with van der Waals surface area (Å²) in [5.41, 5.74) is 6.15. The molecule has 1 unspecified atom stereocenters. The van der Waals surface area contributed by atoms with Crippen LogP contribution >= 0.6 is 0 Å². The lowest BCUT2D eigenvalue weighted by Crippen LogP contribution is -2.40. The van der Waals surface area contributed by atoms with Crippen LogP contribution in [0.5, 0.6) is 5.75 Å². The number of ketones is 1. The number of carbonyl (C=O) groups excluding carboxylic acids is 2. The number of aryl methyl sites for hydroxylation is 1. The molecule has 1 amide bonds. The average Bonchev–Trinajstić information content (AvgIpc) is 3.04. The van der Waals surface area contributed by atoms with Gasteiger partial charge < -0.3 is 15.0 Å². The number of carbonyl (C=O) groups is 2. The Labute approximate surface area is 294 Å². The number of anilines is 1. The van der Waals surface area contributed by atoms with Crippen LogP contribution in [-0.4, -0.2) is 57.8 Å². The Morgan fingerprint density at radius 3 is 2.20 bits per heavy atom. The van der Waals surface area contributed by atoms with Gasteiger partial charge in [-0.15, -0.1) is 0 Å². The van der Waals surface area contributed by atoms with Gasteiger partial charge in [0.05, 0.1) is 23.4 Å². The number of amides is 1. The number of hydrogen-bond donors (Lipinski definition) is 2. The van der Waals surface area contributed by atoms with Crippen molar-refractivity contribution in [2.75, 3.05) is 30.8 Å². The number of allylic oxidation sites excluding steroid dienone is 3. The molecule has 0 fully saturated rings. The molecule has 1 aliphatic rings. The molecule has 49 heavy (non-hydrogen) atoms. The summed E-state index contributed by atoms with van der Waals surface area (Å²) in [7, 11) is -3.26. The molecule has 2 N–H and O–H groups in total. The second-order valence-corrected chi connectivity index (χ2v) is 16.0. The Balaban J connectivity index is 1.85. The highest BCUT2D eigenvalue weighted by atomic mass is 32.2. The summed E-state index contributed by atoms with van der Waals surface area (Å²) in [6.45, 7) is 22.4. The number of nitrogens with zero attached hydrogens (tertiary/aromatic N) is 2. The van der Waals surface area contributed by atoms with Crippen LogP contribution in [0.25, 0.3) is 0 Å². The maximum Gasteiger partial charge on any atom is 0.265 e.